The predicted molar refractivity (Wildman–Crippen MR) is 118 cm³/mol. The van der Waals surface area contributed by atoms with Gasteiger partial charge in [0.25, 0.3) is 0 Å². The fraction of sp³-hybridized carbons (Fsp3) is 0.154. The molecule has 0 saturated heterocycles. The number of allylic oxidation sites excluding steroid dienone is 6. The zero-order chi connectivity index (χ0) is 20.8. The van der Waals surface area contributed by atoms with Gasteiger partial charge in [-0.1, -0.05) is 91.0 Å². The van der Waals surface area contributed by atoms with Crippen LogP contribution in [0.4, 0.5) is 0 Å². The number of hydrogen-bond donors (Lipinski definition) is 0. The number of carbonyl (C=O) groups is 1. The number of benzene rings is 2. The minimum Gasteiger partial charge on any atom is -0.469 e. The van der Waals surface area contributed by atoms with E-state index in [0.717, 1.165) is 23.1 Å². The zero-order valence-electron chi connectivity index (χ0n) is 16.9. The molecule has 0 saturated carbocycles. The smallest absolute Gasteiger partial charge is 0.311 e. The van der Waals surface area contributed by atoms with E-state index in [1.165, 1.54) is 7.11 Å². The van der Waals surface area contributed by atoms with Crippen molar-refractivity contribution in [3.8, 4) is 0 Å². The Bertz CT molecular complexity index is 1050. The van der Waals surface area contributed by atoms with E-state index in [2.05, 4.69) is 88.5 Å². The number of esters is 1. The van der Waals surface area contributed by atoms with Crippen molar-refractivity contribution in [2.24, 2.45) is 0 Å². The van der Waals surface area contributed by atoms with Gasteiger partial charge >= 0.3 is 5.97 Å². The zero-order valence-corrected chi connectivity index (χ0v) is 16.9. The Morgan fingerprint density at radius 3 is 2.33 bits per heavy atom. The van der Waals surface area contributed by atoms with Crippen molar-refractivity contribution < 1.29 is 9.53 Å². The van der Waals surface area contributed by atoms with E-state index < -0.39 is 5.54 Å². The number of aromatic nitrogens is 2. The number of ether oxygens (including phenoxy) is 1. The van der Waals surface area contributed by atoms with Crippen LogP contribution in [-0.2, 0) is 21.5 Å². The number of carbonyl (C=O) groups excluding carboxylic acids is 1. The number of imidazole rings is 1. The molecular formula is C26H24N2O2. The first kappa shape index (κ1) is 19.6. The second-order valence-corrected chi connectivity index (χ2v) is 7.16. The highest BCUT2D eigenvalue weighted by atomic mass is 16.5. The summed E-state index contributed by atoms with van der Waals surface area (Å²) in [5, 5.41) is 0. The molecule has 4 nitrogen and oxygen atoms in total. The molecule has 1 aliphatic rings. The Balaban J connectivity index is 2.00. The van der Waals surface area contributed by atoms with Gasteiger partial charge < -0.3 is 9.30 Å². The van der Waals surface area contributed by atoms with Crippen LogP contribution in [0, 0.1) is 0 Å². The highest BCUT2D eigenvalue weighted by molar-refractivity contribution is 5.71. The first-order valence-electron chi connectivity index (χ1n) is 10.00. The van der Waals surface area contributed by atoms with Crippen LogP contribution in [0.2, 0.25) is 0 Å². The molecule has 3 aromatic rings. The third-order valence-electron chi connectivity index (χ3n) is 5.36. The number of rotatable bonds is 6. The maximum absolute atomic E-state index is 11.8. The SMILES string of the molecule is COC(=O)Cc1cn(C(C2=CC=CCC=C2)(c2ccccc2)c2ccccc2)cn1. The fourth-order valence-corrected chi connectivity index (χ4v) is 3.98. The van der Waals surface area contributed by atoms with Gasteiger partial charge in [-0.05, 0) is 23.1 Å². The average Bonchev–Trinajstić information content (AvgIpc) is 3.08. The normalized spacial score (nSPS) is 13.6. The van der Waals surface area contributed by atoms with Crippen LogP contribution in [0.15, 0.2) is 109 Å². The summed E-state index contributed by atoms with van der Waals surface area (Å²) in [6.45, 7) is 0. The van der Waals surface area contributed by atoms with Crippen LogP contribution in [0.25, 0.3) is 0 Å². The second-order valence-electron chi connectivity index (χ2n) is 7.16. The molecule has 150 valence electrons. The van der Waals surface area contributed by atoms with Gasteiger partial charge in [-0.15, -0.1) is 0 Å². The van der Waals surface area contributed by atoms with E-state index in [4.69, 9.17) is 4.74 Å². The van der Waals surface area contributed by atoms with Crippen molar-refractivity contribution in [2.75, 3.05) is 7.11 Å². The van der Waals surface area contributed by atoms with Gasteiger partial charge in [-0.25, -0.2) is 4.98 Å². The molecule has 0 atom stereocenters. The first-order chi connectivity index (χ1) is 14.7. The molecule has 0 bridgehead atoms. The maximum atomic E-state index is 11.8. The van der Waals surface area contributed by atoms with Gasteiger partial charge in [-0.3, -0.25) is 4.79 Å². The molecule has 0 N–H and O–H groups in total. The van der Waals surface area contributed by atoms with Crippen molar-refractivity contribution >= 4 is 5.97 Å². The molecule has 0 radical (unpaired) electrons. The van der Waals surface area contributed by atoms with Gasteiger partial charge in [0, 0.05) is 6.20 Å². The molecule has 0 amide bonds. The van der Waals surface area contributed by atoms with Gasteiger partial charge in [0.2, 0.25) is 0 Å². The second kappa shape index (κ2) is 8.78. The van der Waals surface area contributed by atoms with Crippen LogP contribution in [-0.4, -0.2) is 22.6 Å². The van der Waals surface area contributed by atoms with Crippen molar-refractivity contribution in [3.05, 3.63) is 126 Å². The molecule has 0 fully saturated rings. The standard InChI is InChI=1S/C26H24N2O2/c1-30-25(29)18-24-19-28(20-27-24)26(22-14-8-4-9-15-22,23-16-10-5-11-17-23)21-12-6-2-3-7-13-21/h2,4-17,19-20H,3,18H2,1H3. The van der Waals surface area contributed by atoms with E-state index in [0.29, 0.717) is 5.69 Å². The third kappa shape index (κ3) is 3.64. The Morgan fingerprint density at radius 1 is 1.03 bits per heavy atom. The molecule has 2 aromatic carbocycles. The van der Waals surface area contributed by atoms with Gasteiger partial charge in [-0.2, -0.15) is 0 Å². The van der Waals surface area contributed by atoms with E-state index >= 15 is 0 Å². The Labute approximate surface area is 176 Å². The lowest BCUT2D eigenvalue weighted by molar-refractivity contribution is -0.139. The molecule has 4 rings (SSSR count). The summed E-state index contributed by atoms with van der Waals surface area (Å²) in [5.41, 5.74) is 3.39. The maximum Gasteiger partial charge on any atom is 0.311 e. The summed E-state index contributed by atoms with van der Waals surface area (Å²) in [6, 6.07) is 20.8. The van der Waals surface area contributed by atoms with Crippen LogP contribution >= 0.6 is 0 Å². The number of nitrogens with zero attached hydrogens (tertiary/aromatic N) is 2. The summed E-state index contributed by atoms with van der Waals surface area (Å²) in [5.74, 6) is -0.304. The highest BCUT2D eigenvalue weighted by Gasteiger charge is 2.39. The Morgan fingerprint density at radius 2 is 1.70 bits per heavy atom. The van der Waals surface area contributed by atoms with Crippen molar-refractivity contribution in [1.82, 2.24) is 9.55 Å². The summed E-state index contributed by atoms with van der Waals surface area (Å²) < 4.78 is 6.93. The Hall–Kier alpha value is -3.66. The van der Waals surface area contributed by atoms with Crippen LogP contribution in [0.3, 0.4) is 0 Å². The molecule has 30 heavy (non-hydrogen) atoms. The minimum absolute atomic E-state index is 0.137. The van der Waals surface area contributed by atoms with Crippen LogP contribution in [0.5, 0.6) is 0 Å². The topological polar surface area (TPSA) is 44.1 Å². The van der Waals surface area contributed by atoms with Gasteiger partial charge in [0.15, 0.2) is 0 Å². The monoisotopic (exact) mass is 396 g/mol. The molecule has 1 aromatic heterocycles. The molecule has 1 aliphatic carbocycles. The molecule has 1 heterocycles. The molecule has 4 heteroatoms. The summed E-state index contributed by atoms with van der Waals surface area (Å²) in [4.78, 5) is 16.4. The molecular weight excluding hydrogens is 372 g/mol. The first-order valence-corrected chi connectivity index (χ1v) is 10.00. The van der Waals surface area contributed by atoms with Crippen LogP contribution < -0.4 is 0 Å². The van der Waals surface area contributed by atoms with Crippen molar-refractivity contribution in [1.29, 1.82) is 0 Å². The lowest BCUT2D eigenvalue weighted by Crippen LogP contribution is -2.37. The third-order valence-corrected chi connectivity index (χ3v) is 5.36. The summed E-state index contributed by atoms with van der Waals surface area (Å²) >= 11 is 0. The predicted octanol–water partition coefficient (Wildman–Crippen LogP) is 4.83. The minimum atomic E-state index is -0.630. The largest absolute Gasteiger partial charge is 0.469 e. The molecule has 0 spiro atoms. The fourth-order valence-electron chi connectivity index (χ4n) is 3.98. The van der Waals surface area contributed by atoms with Gasteiger partial charge in [0.05, 0.1) is 25.6 Å². The quantitative estimate of drug-likeness (QED) is 0.561. The van der Waals surface area contributed by atoms with E-state index in [1.54, 1.807) is 0 Å². The summed E-state index contributed by atoms with van der Waals surface area (Å²) in [7, 11) is 1.39. The number of hydrogen-bond acceptors (Lipinski definition) is 3. The highest BCUT2D eigenvalue weighted by Crippen LogP contribution is 2.42. The lowest BCUT2D eigenvalue weighted by atomic mass is 9.76. The van der Waals surface area contributed by atoms with E-state index in [1.807, 2.05) is 24.7 Å². The molecule has 0 aliphatic heterocycles. The van der Waals surface area contributed by atoms with Crippen LogP contribution in [0.1, 0.15) is 23.2 Å². The summed E-state index contributed by atoms with van der Waals surface area (Å²) in [6.07, 6.45) is 15.5. The Kier molecular flexibility index (Phi) is 5.75. The van der Waals surface area contributed by atoms with Crippen molar-refractivity contribution in [3.63, 3.8) is 0 Å². The lowest BCUT2D eigenvalue weighted by Gasteiger charge is -2.38. The van der Waals surface area contributed by atoms with E-state index in [-0.39, 0.29) is 12.4 Å². The molecule has 0 unspecified atom stereocenters. The van der Waals surface area contributed by atoms with E-state index in [9.17, 15) is 4.79 Å². The van der Waals surface area contributed by atoms with Gasteiger partial charge in [0.1, 0.15) is 5.54 Å². The van der Waals surface area contributed by atoms with Crippen molar-refractivity contribution in [2.45, 2.75) is 18.4 Å². The average molecular weight is 396 g/mol. The number of methoxy groups -OCH3 is 1.